The molecule has 2 rings (SSSR count). The second kappa shape index (κ2) is 9.95. The SMILES string of the molecule is O=C(O)CC[C@@H](C(=O)[Se]CN[C@@H](C[SeH])C(=O)O)N1C(=O)c2ccccc2C1=O. The Labute approximate surface area is 174 Å². The van der Waals surface area contributed by atoms with Crippen LogP contribution in [-0.4, -0.2) is 92.0 Å². The zero-order chi connectivity index (χ0) is 20.8. The number of nitrogens with zero attached hydrogens (tertiary/aromatic N) is 1. The molecule has 0 fully saturated rings. The summed E-state index contributed by atoms with van der Waals surface area (Å²) in [4.78, 5) is 60.8. The average Bonchev–Trinajstić information content (AvgIpc) is 2.90. The van der Waals surface area contributed by atoms with Crippen LogP contribution in [0.5, 0.6) is 0 Å². The first-order valence-electron chi connectivity index (χ1n) is 8.20. The quantitative estimate of drug-likeness (QED) is 0.251. The molecule has 1 aliphatic heterocycles. The number of carbonyl (C=O) groups excluding carboxylic acids is 3. The van der Waals surface area contributed by atoms with E-state index >= 15 is 0 Å². The summed E-state index contributed by atoms with van der Waals surface area (Å²) in [6.07, 6.45) is -0.564. The number of fused-ring (bicyclic) bond motifs is 1. The van der Waals surface area contributed by atoms with Crippen molar-refractivity contribution in [1.29, 1.82) is 0 Å². The summed E-state index contributed by atoms with van der Waals surface area (Å²) in [7, 11) is 0. The molecular formula is C17H18N2O7Se2. The van der Waals surface area contributed by atoms with Crippen molar-refractivity contribution in [2.45, 2.75) is 30.2 Å². The van der Waals surface area contributed by atoms with Gasteiger partial charge in [0.15, 0.2) is 0 Å². The molecule has 9 nitrogen and oxygen atoms in total. The van der Waals surface area contributed by atoms with Crippen LogP contribution in [0, 0.1) is 0 Å². The van der Waals surface area contributed by atoms with Crippen LogP contribution in [-0.2, 0) is 14.4 Å². The molecule has 0 radical (unpaired) electrons. The fourth-order valence-electron chi connectivity index (χ4n) is 2.64. The van der Waals surface area contributed by atoms with E-state index in [9.17, 15) is 24.0 Å². The maximum atomic E-state index is 12.7. The minimum absolute atomic E-state index is 0.0906. The Bertz CT molecular complexity index is 779. The number of carboxylic acids is 2. The Balaban J connectivity index is 2.15. The van der Waals surface area contributed by atoms with Crippen molar-refractivity contribution in [3.05, 3.63) is 35.4 Å². The van der Waals surface area contributed by atoms with E-state index in [0.29, 0.717) is 0 Å². The van der Waals surface area contributed by atoms with Crippen molar-refractivity contribution >= 4 is 59.4 Å². The van der Waals surface area contributed by atoms with Crippen molar-refractivity contribution in [3.63, 3.8) is 0 Å². The van der Waals surface area contributed by atoms with E-state index < -0.39 is 55.5 Å². The molecule has 0 aromatic heterocycles. The van der Waals surface area contributed by atoms with E-state index in [1.165, 1.54) is 12.1 Å². The van der Waals surface area contributed by atoms with Crippen LogP contribution in [0.1, 0.15) is 33.6 Å². The van der Waals surface area contributed by atoms with E-state index in [-0.39, 0.29) is 34.7 Å². The summed E-state index contributed by atoms with van der Waals surface area (Å²) < 4.78 is -0.439. The predicted molar refractivity (Wildman–Crippen MR) is 99.7 cm³/mol. The van der Waals surface area contributed by atoms with Gasteiger partial charge in [-0.25, -0.2) is 0 Å². The van der Waals surface area contributed by atoms with Crippen LogP contribution in [0.4, 0.5) is 0 Å². The molecule has 28 heavy (non-hydrogen) atoms. The van der Waals surface area contributed by atoms with Gasteiger partial charge in [0.1, 0.15) is 0 Å². The third-order valence-electron chi connectivity index (χ3n) is 4.07. The molecule has 0 saturated carbocycles. The van der Waals surface area contributed by atoms with Gasteiger partial charge < -0.3 is 0 Å². The number of benzene rings is 1. The first-order chi connectivity index (χ1) is 13.3. The molecular weight excluding hydrogens is 502 g/mol. The molecule has 1 heterocycles. The second-order valence-electron chi connectivity index (χ2n) is 5.86. The van der Waals surface area contributed by atoms with E-state index in [4.69, 9.17) is 10.2 Å². The third-order valence-corrected chi connectivity index (χ3v) is 6.65. The molecule has 2 amide bonds. The number of aliphatic carboxylic acids is 2. The number of carboxylic acid groups (broad SMARTS) is 2. The fourth-order valence-corrected chi connectivity index (χ4v) is 5.01. The van der Waals surface area contributed by atoms with Gasteiger partial charge in [-0.15, -0.1) is 0 Å². The van der Waals surface area contributed by atoms with Gasteiger partial charge in [0.25, 0.3) is 0 Å². The number of nitrogens with one attached hydrogen (secondary N) is 1. The van der Waals surface area contributed by atoms with Gasteiger partial charge in [0.2, 0.25) is 0 Å². The summed E-state index contributed by atoms with van der Waals surface area (Å²) in [6.45, 7) is 0. The fraction of sp³-hybridized carbons (Fsp3) is 0.353. The van der Waals surface area contributed by atoms with Crippen molar-refractivity contribution in [2.75, 3.05) is 5.44 Å². The first-order valence-corrected chi connectivity index (χ1v) is 11.6. The molecule has 2 atom stereocenters. The van der Waals surface area contributed by atoms with Crippen molar-refractivity contribution < 1.29 is 34.2 Å². The molecule has 0 aliphatic carbocycles. The molecule has 1 aromatic rings. The minimum atomic E-state index is -1.19. The van der Waals surface area contributed by atoms with Gasteiger partial charge in [-0.2, -0.15) is 0 Å². The molecule has 0 bridgehead atoms. The van der Waals surface area contributed by atoms with Crippen molar-refractivity contribution in [3.8, 4) is 0 Å². The number of rotatable bonds is 11. The zero-order valence-corrected chi connectivity index (χ0v) is 18.1. The number of hydrogen-bond acceptors (Lipinski definition) is 6. The topological polar surface area (TPSA) is 141 Å². The van der Waals surface area contributed by atoms with Crippen LogP contribution in [0.2, 0.25) is 5.32 Å². The van der Waals surface area contributed by atoms with E-state index in [2.05, 4.69) is 21.3 Å². The average molecular weight is 520 g/mol. The molecule has 0 saturated heterocycles. The standard InChI is InChI=1S/C17H18N2O7Se2/c20-13(21)6-5-12(17(26)28-8-18-11(7-27)16(24)25)19-14(22)9-3-1-2-4-10(9)15(19)23/h1-4,11-12,18,27H,5-8H2,(H,20,21)(H,24,25)/t11-,12-/m0/s1. The Hall–Kier alpha value is -2.03. The first kappa shape index (κ1) is 22.3. The summed E-state index contributed by atoms with van der Waals surface area (Å²) in [5, 5.41) is 21.0. The second-order valence-corrected chi connectivity index (χ2v) is 8.68. The van der Waals surface area contributed by atoms with Crippen molar-refractivity contribution in [1.82, 2.24) is 10.2 Å². The normalized spacial score (nSPS) is 15.2. The Kier molecular flexibility index (Phi) is 7.91. The predicted octanol–water partition coefficient (Wildman–Crippen LogP) is -0.934. The monoisotopic (exact) mass is 522 g/mol. The zero-order valence-electron chi connectivity index (χ0n) is 14.5. The maximum absolute atomic E-state index is 12.7. The van der Waals surface area contributed by atoms with Crippen LogP contribution in [0.25, 0.3) is 0 Å². The molecule has 1 aliphatic rings. The van der Waals surface area contributed by atoms with E-state index in [0.717, 1.165) is 4.90 Å². The van der Waals surface area contributed by atoms with Crippen LogP contribution in [0.3, 0.4) is 0 Å². The van der Waals surface area contributed by atoms with Gasteiger partial charge in [0, 0.05) is 0 Å². The molecule has 3 N–H and O–H groups in total. The molecule has 1 aromatic carbocycles. The van der Waals surface area contributed by atoms with Gasteiger partial charge >= 0.3 is 175 Å². The molecule has 150 valence electrons. The van der Waals surface area contributed by atoms with Gasteiger partial charge in [0.05, 0.1) is 0 Å². The number of hydrogen-bond donors (Lipinski definition) is 3. The van der Waals surface area contributed by atoms with Gasteiger partial charge in [-0.05, 0) is 0 Å². The summed E-state index contributed by atoms with van der Waals surface area (Å²) in [6, 6.07) is 4.16. The number of carbonyl (C=O) groups is 5. The summed E-state index contributed by atoms with van der Waals surface area (Å²) in [5.41, 5.74) is 0.453. The van der Waals surface area contributed by atoms with Crippen molar-refractivity contribution in [2.24, 2.45) is 0 Å². The third kappa shape index (κ3) is 5.06. The molecule has 11 heteroatoms. The molecule has 0 spiro atoms. The molecule has 0 unspecified atom stereocenters. The van der Waals surface area contributed by atoms with Crippen LogP contribution >= 0.6 is 0 Å². The van der Waals surface area contributed by atoms with Gasteiger partial charge in [-0.3, -0.25) is 0 Å². The Morgan fingerprint density at radius 3 is 2.14 bits per heavy atom. The van der Waals surface area contributed by atoms with Gasteiger partial charge in [-0.1, -0.05) is 0 Å². The van der Waals surface area contributed by atoms with Crippen LogP contribution in [0.15, 0.2) is 24.3 Å². The van der Waals surface area contributed by atoms with E-state index in [1.807, 2.05) is 0 Å². The Morgan fingerprint density at radius 1 is 1.11 bits per heavy atom. The van der Waals surface area contributed by atoms with Crippen LogP contribution < -0.4 is 5.32 Å². The summed E-state index contributed by atoms with van der Waals surface area (Å²) >= 11 is 1.36. The number of amides is 2. The Morgan fingerprint density at radius 2 is 1.68 bits per heavy atom. The summed E-state index contributed by atoms with van der Waals surface area (Å²) in [5.74, 6) is -3.44. The number of imide groups is 1. The van der Waals surface area contributed by atoms with E-state index in [1.54, 1.807) is 12.1 Å².